The van der Waals surface area contributed by atoms with Crippen LogP contribution in [0.15, 0.2) is 47.4 Å². The number of hydrogen-bond donors (Lipinski definition) is 2. The van der Waals surface area contributed by atoms with Crippen LogP contribution in [-0.2, 0) is 6.54 Å². The number of phenolic OH excluding ortho intramolecular Hbond substituents is 1. The van der Waals surface area contributed by atoms with Crippen molar-refractivity contribution in [3.8, 4) is 5.75 Å². The largest absolute Gasteiger partial charge is 0.508 e. The van der Waals surface area contributed by atoms with E-state index in [1.807, 2.05) is 0 Å². The van der Waals surface area contributed by atoms with Crippen molar-refractivity contribution in [1.29, 1.82) is 0 Å². The molecule has 0 atom stereocenters. The molecule has 2 aromatic rings. The molecule has 0 fully saturated rings. The highest BCUT2D eigenvalue weighted by molar-refractivity contribution is 5.34. The van der Waals surface area contributed by atoms with E-state index in [0.717, 1.165) is 5.56 Å². The zero-order valence-electron chi connectivity index (χ0n) is 8.63. The van der Waals surface area contributed by atoms with Crippen molar-refractivity contribution in [3.05, 3.63) is 58.5 Å². The summed E-state index contributed by atoms with van der Waals surface area (Å²) in [6.07, 6.45) is 1.69. The molecule has 1 aromatic heterocycles. The summed E-state index contributed by atoms with van der Waals surface area (Å²) in [7, 11) is 0. The minimum absolute atomic E-state index is 0.199. The van der Waals surface area contributed by atoms with E-state index >= 15 is 0 Å². The van der Waals surface area contributed by atoms with E-state index in [4.69, 9.17) is 10.8 Å². The first kappa shape index (κ1) is 10.3. The third-order valence-electron chi connectivity index (χ3n) is 2.34. The van der Waals surface area contributed by atoms with Crippen LogP contribution in [0.25, 0.3) is 0 Å². The Hall–Kier alpha value is -2.23. The van der Waals surface area contributed by atoms with Crippen molar-refractivity contribution in [1.82, 2.24) is 4.57 Å². The van der Waals surface area contributed by atoms with Gasteiger partial charge in [0.05, 0.1) is 12.2 Å². The van der Waals surface area contributed by atoms with Gasteiger partial charge in [-0.25, -0.2) is 0 Å². The second-order valence-electron chi connectivity index (χ2n) is 3.56. The number of pyridine rings is 1. The Morgan fingerprint density at radius 1 is 1.19 bits per heavy atom. The number of nitrogens with two attached hydrogens (primary N) is 1. The zero-order valence-corrected chi connectivity index (χ0v) is 8.63. The first-order valence-electron chi connectivity index (χ1n) is 4.89. The Balaban J connectivity index is 2.31. The Morgan fingerprint density at radius 2 is 1.88 bits per heavy atom. The van der Waals surface area contributed by atoms with Gasteiger partial charge in [-0.15, -0.1) is 0 Å². The summed E-state index contributed by atoms with van der Waals surface area (Å²) >= 11 is 0. The fourth-order valence-corrected chi connectivity index (χ4v) is 1.48. The predicted molar refractivity (Wildman–Crippen MR) is 62.3 cm³/mol. The lowest BCUT2D eigenvalue weighted by atomic mass is 10.2. The topological polar surface area (TPSA) is 68.2 Å². The second kappa shape index (κ2) is 4.10. The number of anilines is 1. The van der Waals surface area contributed by atoms with Crippen molar-refractivity contribution in [2.45, 2.75) is 6.54 Å². The van der Waals surface area contributed by atoms with Gasteiger partial charge in [0, 0.05) is 6.20 Å². The summed E-state index contributed by atoms with van der Waals surface area (Å²) in [4.78, 5) is 11.6. The molecule has 3 N–H and O–H groups in total. The van der Waals surface area contributed by atoms with Gasteiger partial charge in [-0.05, 0) is 29.8 Å². The molecule has 1 aromatic carbocycles. The van der Waals surface area contributed by atoms with Gasteiger partial charge in [-0.1, -0.05) is 12.1 Å². The predicted octanol–water partition coefficient (Wildman–Crippen LogP) is 1.18. The molecular formula is C12H12N2O2. The third kappa shape index (κ3) is 2.06. The quantitative estimate of drug-likeness (QED) is 0.792. The van der Waals surface area contributed by atoms with Gasteiger partial charge in [0.2, 0.25) is 0 Å². The average Bonchev–Trinajstić information content (AvgIpc) is 2.28. The summed E-state index contributed by atoms with van der Waals surface area (Å²) in [5.41, 5.74) is 6.50. The molecule has 82 valence electrons. The molecule has 1 heterocycles. The van der Waals surface area contributed by atoms with E-state index in [2.05, 4.69) is 0 Å². The lowest BCUT2D eigenvalue weighted by molar-refractivity contribution is 0.475. The Labute approximate surface area is 92.6 Å². The van der Waals surface area contributed by atoms with Gasteiger partial charge in [-0.3, -0.25) is 4.79 Å². The smallest absolute Gasteiger partial charge is 0.273 e. The number of hydrogen-bond acceptors (Lipinski definition) is 3. The van der Waals surface area contributed by atoms with Crippen molar-refractivity contribution >= 4 is 5.69 Å². The summed E-state index contributed by atoms with van der Waals surface area (Å²) in [6.45, 7) is 0.449. The van der Waals surface area contributed by atoms with E-state index in [1.54, 1.807) is 42.6 Å². The van der Waals surface area contributed by atoms with Crippen molar-refractivity contribution in [3.63, 3.8) is 0 Å². The Kier molecular flexibility index (Phi) is 2.64. The second-order valence-corrected chi connectivity index (χ2v) is 3.56. The molecule has 2 rings (SSSR count). The van der Waals surface area contributed by atoms with Crippen LogP contribution in [0, 0.1) is 0 Å². The molecule has 16 heavy (non-hydrogen) atoms. The van der Waals surface area contributed by atoms with Crippen LogP contribution in [0.1, 0.15) is 5.56 Å². The molecule has 0 bridgehead atoms. The SMILES string of the molecule is Nc1cccn(Cc2ccc(O)cc2)c1=O. The molecule has 0 aliphatic heterocycles. The molecule has 0 radical (unpaired) electrons. The molecule has 0 saturated heterocycles. The summed E-state index contributed by atoms with van der Waals surface area (Å²) in [5, 5.41) is 9.13. The minimum Gasteiger partial charge on any atom is -0.508 e. The first-order valence-corrected chi connectivity index (χ1v) is 4.89. The fraction of sp³-hybridized carbons (Fsp3) is 0.0833. The van der Waals surface area contributed by atoms with Gasteiger partial charge in [0.25, 0.3) is 5.56 Å². The molecule has 0 aliphatic rings. The van der Waals surface area contributed by atoms with Crippen LogP contribution in [-0.4, -0.2) is 9.67 Å². The average molecular weight is 216 g/mol. The van der Waals surface area contributed by atoms with Gasteiger partial charge >= 0.3 is 0 Å². The van der Waals surface area contributed by atoms with Gasteiger partial charge in [0.15, 0.2) is 0 Å². The normalized spacial score (nSPS) is 10.2. The standard InChI is InChI=1S/C12H12N2O2/c13-11-2-1-7-14(12(11)16)8-9-3-5-10(15)6-4-9/h1-7,15H,8,13H2. The molecule has 0 amide bonds. The van der Waals surface area contributed by atoms with Gasteiger partial charge < -0.3 is 15.4 Å². The maximum absolute atomic E-state index is 11.6. The highest BCUT2D eigenvalue weighted by Crippen LogP contribution is 2.10. The van der Waals surface area contributed by atoms with Crippen molar-refractivity contribution < 1.29 is 5.11 Å². The highest BCUT2D eigenvalue weighted by Gasteiger charge is 2.00. The molecule has 4 heteroatoms. The summed E-state index contributed by atoms with van der Waals surface area (Å²) in [5.74, 6) is 0.212. The molecule has 0 unspecified atom stereocenters. The third-order valence-corrected chi connectivity index (χ3v) is 2.34. The fourth-order valence-electron chi connectivity index (χ4n) is 1.48. The van der Waals surface area contributed by atoms with Crippen LogP contribution in [0.4, 0.5) is 5.69 Å². The van der Waals surface area contributed by atoms with Crippen LogP contribution in [0.3, 0.4) is 0 Å². The van der Waals surface area contributed by atoms with Crippen LogP contribution in [0.5, 0.6) is 5.75 Å². The maximum atomic E-state index is 11.6. The Bertz CT molecular complexity index is 544. The van der Waals surface area contributed by atoms with E-state index in [-0.39, 0.29) is 17.0 Å². The first-order chi connectivity index (χ1) is 7.66. The highest BCUT2D eigenvalue weighted by atomic mass is 16.3. The molecule has 0 saturated carbocycles. The molecule has 0 spiro atoms. The van der Waals surface area contributed by atoms with Gasteiger partial charge in [-0.2, -0.15) is 0 Å². The molecule has 4 nitrogen and oxygen atoms in total. The lowest BCUT2D eigenvalue weighted by Crippen LogP contribution is -2.22. The van der Waals surface area contributed by atoms with Crippen LogP contribution < -0.4 is 11.3 Å². The van der Waals surface area contributed by atoms with E-state index in [9.17, 15) is 4.79 Å². The monoisotopic (exact) mass is 216 g/mol. The van der Waals surface area contributed by atoms with Crippen LogP contribution >= 0.6 is 0 Å². The zero-order chi connectivity index (χ0) is 11.5. The van der Waals surface area contributed by atoms with E-state index < -0.39 is 0 Å². The van der Waals surface area contributed by atoms with E-state index in [1.165, 1.54) is 4.57 Å². The summed E-state index contributed by atoms with van der Waals surface area (Å²) in [6, 6.07) is 10.0. The lowest BCUT2D eigenvalue weighted by Gasteiger charge is -2.06. The number of rotatable bonds is 2. The number of nitrogens with zero attached hydrogens (tertiary/aromatic N) is 1. The minimum atomic E-state index is -0.199. The molecular weight excluding hydrogens is 204 g/mol. The maximum Gasteiger partial charge on any atom is 0.273 e. The molecule has 0 aliphatic carbocycles. The van der Waals surface area contributed by atoms with Crippen molar-refractivity contribution in [2.75, 3.05) is 5.73 Å². The Morgan fingerprint density at radius 3 is 2.56 bits per heavy atom. The van der Waals surface area contributed by atoms with Gasteiger partial charge in [0.1, 0.15) is 5.75 Å². The number of benzene rings is 1. The number of aromatic hydroxyl groups is 1. The van der Waals surface area contributed by atoms with Crippen LogP contribution in [0.2, 0.25) is 0 Å². The van der Waals surface area contributed by atoms with Crippen molar-refractivity contribution in [2.24, 2.45) is 0 Å². The number of phenols is 1. The number of aromatic nitrogens is 1. The van der Waals surface area contributed by atoms with E-state index in [0.29, 0.717) is 6.54 Å². The summed E-state index contributed by atoms with van der Waals surface area (Å²) < 4.78 is 1.53. The number of nitrogen functional groups attached to an aromatic ring is 1.